The van der Waals surface area contributed by atoms with E-state index in [9.17, 15) is 4.79 Å². The summed E-state index contributed by atoms with van der Waals surface area (Å²) in [4.78, 5) is 21.2. The van der Waals surface area contributed by atoms with Crippen LogP contribution in [0.15, 0.2) is 23.0 Å². The van der Waals surface area contributed by atoms with E-state index in [2.05, 4.69) is 9.88 Å². The number of amides is 1. The van der Waals surface area contributed by atoms with Gasteiger partial charge in [-0.2, -0.15) is 0 Å². The molecule has 0 aliphatic carbocycles. The molecule has 0 unspecified atom stereocenters. The van der Waals surface area contributed by atoms with Crippen molar-refractivity contribution in [2.75, 3.05) is 30.8 Å². The number of thiazole rings is 1. The highest BCUT2D eigenvalue weighted by Crippen LogP contribution is 2.31. The van der Waals surface area contributed by atoms with Crippen LogP contribution in [0.2, 0.25) is 0 Å². The van der Waals surface area contributed by atoms with Gasteiger partial charge in [-0.15, -0.1) is 0 Å². The number of furan rings is 1. The Morgan fingerprint density at radius 1 is 1.52 bits per heavy atom. The van der Waals surface area contributed by atoms with Gasteiger partial charge in [0.05, 0.1) is 12.5 Å². The summed E-state index contributed by atoms with van der Waals surface area (Å²) in [7, 11) is 1.75. The second-order valence-electron chi connectivity index (χ2n) is 5.20. The summed E-state index contributed by atoms with van der Waals surface area (Å²) in [5.74, 6) is 0.225. The van der Waals surface area contributed by atoms with Crippen LogP contribution in [0.3, 0.4) is 0 Å². The van der Waals surface area contributed by atoms with E-state index in [1.165, 1.54) is 24.2 Å². The molecular formula is C14H18N4O2S. The van der Waals surface area contributed by atoms with Gasteiger partial charge in [-0.25, -0.2) is 4.98 Å². The number of carbonyl (C=O) groups excluding carboxylic acids is 1. The van der Waals surface area contributed by atoms with Gasteiger partial charge < -0.3 is 20.0 Å². The molecule has 1 amide bonds. The lowest BCUT2D eigenvalue weighted by atomic mass is 10.3. The van der Waals surface area contributed by atoms with Crippen LogP contribution in [0.25, 0.3) is 0 Å². The van der Waals surface area contributed by atoms with Crippen molar-refractivity contribution < 1.29 is 9.21 Å². The van der Waals surface area contributed by atoms with Crippen molar-refractivity contribution in [2.24, 2.45) is 0 Å². The monoisotopic (exact) mass is 306 g/mol. The molecule has 2 aromatic heterocycles. The zero-order valence-electron chi connectivity index (χ0n) is 11.9. The molecule has 1 aliphatic rings. The minimum Gasteiger partial charge on any atom is -0.472 e. The van der Waals surface area contributed by atoms with E-state index in [1.807, 2.05) is 6.07 Å². The van der Waals surface area contributed by atoms with E-state index in [-0.39, 0.29) is 5.91 Å². The van der Waals surface area contributed by atoms with Crippen LogP contribution in [0.1, 0.15) is 28.1 Å². The standard InChI is InChI=1S/C14H18N4O2S/c1-17(8-10-4-7-20-9-10)13(19)11-12(15)16-14(21-11)18-5-2-3-6-18/h4,7,9H,2-3,5-6,8,15H2,1H3. The van der Waals surface area contributed by atoms with E-state index in [4.69, 9.17) is 10.2 Å². The number of nitrogen functional groups attached to an aromatic ring is 1. The number of carbonyl (C=O) groups is 1. The maximum absolute atomic E-state index is 12.5. The zero-order chi connectivity index (χ0) is 14.8. The van der Waals surface area contributed by atoms with Crippen LogP contribution < -0.4 is 10.6 Å². The van der Waals surface area contributed by atoms with Crippen molar-refractivity contribution in [3.63, 3.8) is 0 Å². The van der Waals surface area contributed by atoms with Gasteiger partial charge in [0.2, 0.25) is 0 Å². The molecular weight excluding hydrogens is 288 g/mol. The number of aromatic nitrogens is 1. The van der Waals surface area contributed by atoms with Gasteiger partial charge in [0.25, 0.3) is 5.91 Å². The Balaban J connectivity index is 1.74. The molecule has 2 N–H and O–H groups in total. The summed E-state index contributed by atoms with van der Waals surface area (Å²) in [5, 5.41) is 0.852. The van der Waals surface area contributed by atoms with Crippen molar-refractivity contribution in [1.82, 2.24) is 9.88 Å². The van der Waals surface area contributed by atoms with E-state index in [1.54, 1.807) is 24.5 Å². The second kappa shape index (κ2) is 5.77. The molecule has 3 heterocycles. The Morgan fingerprint density at radius 2 is 2.29 bits per heavy atom. The van der Waals surface area contributed by atoms with E-state index >= 15 is 0 Å². The van der Waals surface area contributed by atoms with Gasteiger partial charge in [-0.05, 0) is 18.9 Å². The van der Waals surface area contributed by atoms with Gasteiger partial charge in [-0.3, -0.25) is 4.79 Å². The van der Waals surface area contributed by atoms with Gasteiger partial charge in [0, 0.05) is 32.2 Å². The molecule has 7 heteroatoms. The molecule has 1 fully saturated rings. The third-order valence-corrected chi connectivity index (χ3v) is 4.68. The normalized spacial score (nSPS) is 14.6. The van der Waals surface area contributed by atoms with Crippen LogP contribution in [0.5, 0.6) is 0 Å². The molecule has 0 radical (unpaired) electrons. The first-order chi connectivity index (χ1) is 10.1. The highest BCUT2D eigenvalue weighted by atomic mass is 32.1. The first-order valence-electron chi connectivity index (χ1n) is 6.93. The smallest absolute Gasteiger partial charge is 0.267 e. The summed E-state index contributed by atoms with van der Waals surface area (Å²) in [6.07, 6.45) is 5.57. The molecule has 21 heavy (non-hydrogen) atoms. The fourth-order valence-corrected chi connectivity index (χ4v) is 3.45. The summed E-state index contributed by atoms with van der Waals surface area (Å²) in [6.45, 7) is 2.47. The van der Waals surface area contributed by atoms with Crippen LogP contribution in [-0.2, 0) is 6.54 Å². The summed E-state index contributed by atoms with van der Waals surface area (Å²) in [5.41, 5.74) is 6.88. The first kappa shape index (κ1) is 13.9. The Kier molecular flexibility index (Phi) is 3.83. The van der Waals surface area contributed by atoms with E-state index in [0.29, 0.717) is 17.2 Å². The zero-order valence-corrected chi connectivity index (χ0v) is 12.7. The molecule has 0 atom stereocenters. The Hall–Kier alpha value is -2.02. The van der Waals surface area contributed by atoms with Crippen LogP contribution >= 0.6 is 11.3 Å². The Labute approximate surface area is 127 Å². The molecule has 3 rings (SSSR count). The predicted molar refractivity (Wildman–Crippen MR) is 82.5 cm³/mol. The quantitative estimate of drug-likeness (QED) is 0.937. The Bertz CT molecular complexity index is 617. The van der Waals surface area contributed by atoms with Crippen molar-refractivity contribution in [1.29, 1.82) is 0 Å². The molecule has 1 aliphatic heterocycles. The summed E-state index contributed by atoms with van der Waals surface area (Å²) < 4.78 is 5.02. The van der Waals surface area contributed by atoms with Gasteiger partial charge >= 0.3 is 0 Å². The number of hydrogen-bond acceptors (Lipinski definition) is 6. The minimum atomic E-state index is -0.100. The summed E-state index contributed by atoms with van der Waals surface area (Å²) >= 11 is 1.38. The lowest BCUT2D eigenvalue weighted by molar-refractivity contribution is 0.0790. The highest BCUT2D eigenvalue weighted by Gasteiger charge is 2.23. The topological polar surface area (TPSA) is 75.6 Å². The van der Waals surface area contributed by atoms with Crippen LogP contribution in [0, 0.1) is 0 Å². The highest BCUT2D eigenvalue weighted by molar-refractivity contribution is 7.18. The third-order valence-electron chi connectivity index (χ3n) is 3.56. The van der Waals surface area contributed by atoms with Crippen molar-refractivity contribution in [3.8, 4) is 0 Å². The fraction of sp³-hybridized carbons (Fsp3) is 0.429. The number of rotatable bonds is 4. The molecule has 0 bridgehead atoms. The number of nitrogens with zero attached hydrogens (tertiary/aromatic N) is 3. The minimum absolute atomic E-state index is 0.100. The van der Waals surface area contributed by atoms with Crippen molar-refractivity contribution in [3.05, 3.63) is 29.0 Å². The predicted octanol–water partition coefficient (Wildman–Crippen LogP) is 2.19. The molecule has 1 saturated heterocycles. The molecule has 6 nitrogen and oxygen atoms in total. The average molecular weight is 306 g/mol. The number of hydrogen-bond donors (Lipinski definition) is 1. The molecule has 0 aromatic carbocycles. The third kappa shape index (κ3) is 2.87. The maximum Gasteiger partial charge on any atom is 0.267 e. The van der Waals surface area contributed by atoms with E-state index < -0.39 is 0 Å². The Morgan fingerprint density at radius 3 is 2.95 bits per heavy atom. The molecule has 112 valence electrons. The van der Waals surface area contributed by atoms with E-state index in [0.717, 1.165) is 23.8 Å². The fourth-order valence-electron chi connectivity index (χ4n) is 2.42. The molecule has 0 saturated carbocycles. The number of nitrogens with two attached hydrogens (primary N) is 1. The number of anilines is 2. The first-order valence-corrected chi connectivity index (χ1v) is 7.74. The maximum atomic E-state index is 12.5. The van der Waals surface area contributed by atoms with Crippen molar-refractivity contribution >= 4 is 28.2 Å². The largest absolute Gasteiger partial charge is 0.472 e. The lowest BCUT2D eigenvalue weighted by Gasteiger charge is -2.15. The van der Waals surface area contributed by atoms with Gasteiger partial charge in [-0.1, -0.05) is 11.3 Å². The summed E-state index contributed by atoms with van der Waals surface area (Å²) in [6, 6.07) is 1.84. The molecule has 2 aromatic rings. The van der Waals surface area contributed by atoms with Gasteiger partial charge in [0.1, 0.15) is 10.7 Å². The van der Waals surface area contributed by atoms with Gasteiger partial charge in [0.15, 0.2) is 5.13 Å². The van der Waals surface area contributed by atoms with Crippen LogP contribution in [0.4, 0.5) is 10.9 Å². The van der Waals surface area contributed by atoms with Crippen molar-refractivity contribution in [2.45, 2.75) is 19.4 Å². The average Bonchev–Trinajstić information content (AvgIpc) is 3.18. The van der Waals surface area contributed by atoms with Crippen LogP contribution in [-0.4, -0.2) is 35.9 Å². The SMILES string of the molecule is CN(Cc1ccoc1)C(=O)c1sc(N2CCCC2)nc1N. The lowest BCUT2D eigenvalue weighted by Crippen LogP contribution is -2.25. The second-order valence-corrected chi connectivity index (χ2v) is 6.18. The molecule has 0 spiro atoms.